The number of hydrogen-bond acceptors (Lipinski definition) is 2. The lowest BCUT2D eigenvalue weighted by atomic mass is 9.92. The summed E-state index contributed by atoms with van der Waals surface area (Å²) in [4.78, 5) is 15.3. The van der Waals surface area contributed by atoms with E-state index in [1.807, 2.05) is 45.2 Å². The molecule has 0 aliphatic carbocycles. The number of aryl methyl sites for hydroxylation is 1. The Morgan fingerprint density at radius 1 is 1.43 bits per heavy atom. The maximum Gasteiger partial charge on any atom is 0.224 e. The van der Waals surface area contributed by atoms with Gasteiger partial charge >= 0.3 is 0 Å². The summed E-state index contributed by atoms with van der Waals surface area (Å²) in [6.07, 6.45) is 2.20. The molecule has 1 aromatic carbocycles. The van der Waals surface area contributed by atoms with Crippen LogP contribution in [0.3, 0.4) is 0 Å². The first-order chi connectivity index (χ1) is 9.81. The molecule has 2 rings (SSSR count). The number of rotatable bonds is 5. The molecule has 0 radical (unpaired) electrons. The van der Waals surface area contributed by atoms with Crippen molar-refractivity contribution in [2.45, 2.75) is 39.7 Å². The second-order valence-corrected chi connectivity index (χ2v) is 6.28. The number of H-pyrrole nitrogens is 1. The first-order valence-electron chi connectivity index (χ1n) is 7.36. The third-order valence-electron chi connectivity index (χ3n) is 4.25. The number of nitrogens with one attached hydrogen (secondary N) is 2. The van der Waals surface area contributed by atoms with Crippen molar-refractivity contribution in [3.05, 3.63) is 35.5 Å². The van der Waals surface area contributed by atoms with Crippen LogP contribution >= 0.6 is 0 Å². The van der Waals surface area contributed by atoms with Crippen molar-refractivity contribution < 1.29 is 9.90 Å². The standard InChI is InChI=1S/C17H24N2O2/c1-11(2)17(4,21)10-19-15(20)8-13-9-18-16-12(3)6-5-7-14(13)16/h5-7,9,11,18,21H,8,10H2,1-4H3,(H,19,20). The Hall–Kier alpha value is -1.81. The molecule has 1 amide bonds. The molecule has 0 bridgehead atoms. The molecule has 0 aliphatic heterocycles. The van der Waals surface area contributed by atoms with Gasteiger partial charge in [0.1, 0.15) is 0 Å². The topological polar surface area (TPSA) is 65.1 Å². The van der Waals surface area contributed by atoms with Crippen LogP contribution in [0.1, 0.15) is 31.9 Å². The van der Waals surface area contributed by atoms with Crippen LogP contribution in [0.15, 0.2) is 24.4 Å². The molecule has 1 unspecified atom stereocenters. The Morgan fingerprint density at radius 2 is 2.14 bits per heavy atom. The minimum Gasteiger partial charge on any atom is -0.388 e. The highest BCUT2D eigenvalue weighted by atomic mass is 16.3. The van der Waals surface area contributed by atoms with Gasteiger partial charge in [0.05, 0.1) is 12.0 Å². The summed E-state index contributed by atoms with van der Waals surface area (Å²) in [5.41, 5.74) is 2.35. The summed E-state index contributed by atoms with van der Waals surface area (Å²) in [7, 11) is 0. The molecule has 1 aromatic heterocycles. The van der Waals surface area contributed by atoms with Crippen molar-refractivity contribution in [1.82, 2.24) is 10.3 Å². The van der Waals surface area contributed by atoms with Crippen LogP contribution in [-0.4, -0.2) is 28.1 Å². The zero-order valence-electron chi connectivity index (χ0n) is 13.2. The summed E-state index contributed by atoms with van der Waals surface area (Å²) in [5.74, 6) is 0.0202. The van der Waals surface area contributed by atoms with Gasteiger partial charge in [-0.2, -0.15) is 0 Å². The van der Waals surface area contributed by atoms with Crippen LogP contribution < -0.4 is 5.32 Å². The number of amides is 1. The van der Waals surface area contributed by atoms with Crippen molar-refractivity contribution in [2.24, 2.45) is 5.92 Å². The zero-order valence-corrected chi connectivity index (χ0v) is 13.2. The van der Waals surface area contributed by atoms with Gasteiger partial charge in [-0.15, -0.1) is 0 Å². The second-order valence-electron chi connectivity index (χ2n) is 6.28. The largest absolute Gasteiger partial charge is 0.388 e. The maximum atomic E-state index is 12.1. The van der Waals surface area contributed by atoms with Gasteiger partial charge in [0.2, 0.25) is 5.91 Å². The van der Waals surface area contributed by atoms with E-state index in [1.165, 1.54) is 5.56 Å². The molecule has 0 fully saturated rings. The van der Waals surface area contributed by atoms with Crippen LogP contribution in [0.5, 0.6) is 0 Å². The molecule has 0 saturated heterocycles. The van der Waals surface area contributed by atoms with Crippen molar-refractivity contribution in [3.8, 4) is 0 Å². The number of hydrogen-bond donors (Lipinski definition) is 3. The molecule has 0 spiro atoms. The smallest absolute Gasteiger partial charge is 0.224 e. The molecule has 0 saturated carbocycles. The number of aromatic nitrogens is 1. The van der Waals surface area contributed by atoms with E-state index in [0.29, 0.717) is 6.42 Å². The molecule has 0 aliphatic rings. The predicted octanol–water partition coefficient (Wildman–Crippen LogP) is 2.54. The second kappa shape index (κ2) is 5.90. The highest BCUT2D eigenvalue weighted by molar-refractivity contribution is 5.90. The quantitative estimate of drug-likeness (QED) is 0.791. The van der Waals surface area contributed by atoms with E-state index in [-0.39, 0.29) is 18.4 Å². The molecule has 4 heteroatoms. The summed E-state index contributed by atoms with van der Waals surface area (Å²) < 4.78 is 0. The maximum absolute atomic E-state index is 12.1. The number of carbonyl (C=O) groups excluding carboxylic acids is 1. The molecular weight excluding hydrogens is 264 g/mol. The average molecular weight is 288 g/mol. The zero-order chi connectivity index (χ0) is 15.6. The van der Waals surface area contributed by atoms with Crippen molar-refractivity contribution in [3.63, 3.8) is 0 Å². The van der Waals surface area contributed by atoms with Gasteiger partial charge < -0.3 is 15.4 Å². The van der Waals surface area contributed by atoms with Crippen LogP contribution in [0.4, 0.5) is 0 Å². The van der Waals surface area contributed by atoms with Gasteiger partial charge in [-0.1, -0.05) is 32.0 Å². The number of aliphatic hydroxyl groups is 1. The number of benzene rings is 1. The Labute approximate surface area is 125 Å². The number of carbonyl (C=O) groups is 1. The fourth-order valence-electron chi connectivity index (χ4n) is 2.23. The van der Waals surface area contributed by atoms with Gasteiger partial charge in [-0.3, -0.25) is 4.79 Å². The lowest BCUT2D eigenvalue weighted by Gasteiger charge is -2.27. The molecule has 114 valence electrons. The Morgan fingerprint density at radius 3 is 2.81 bits per heavy atom. The van der Waals surface area contributed by atoms with Gasteiger partial charge in [0.15, 0.2) is 0 Å². The average Bonchev–Trinajstić information content (AvgIpc) is 2.81. The van der Waals surface area contributed by atoms with Crippen LogP contribution in [-0.2, 0) is 11.2 Å². The van der Waals surface area contributed by atoms with E-state index < -0.39 is 5.60 Å². The van der Waals surface area contributed by atoms with E-state index in [2.05, 4.69) is 10.3 Å². The first-order valence-corrected chi connectivity index (χ1v) is 7.36. The van der Waals surface area contributed by atoms with E-state index in [4.69, 9.17) is 0 Å². The summed E-state index contributed by atoms with van der Waals surface area (Å²) in [5, 5.41) is 14.1. The molecule has 1 heterocycles. The van der Waals surface area contributed by atoms with Crippen LogP contribution in [0.2, 0.25) is 0 Å². The molecular formula is C17H24N2O2. The molecule has 2 aromatic rings. The SMILES string of the molecule is Cc1cccc2c(CC(=O)NCC(C)(O)C(C)C)c[nH]c12. The lowest BCUT2D eigenvalue weighted by molar-refractivity contribution is -0.122. The minimum atomic E-state index is -0.882. The van der Waals surface area contributed by atoms with Gasteiger partial charge in [-0.25, -0.2) is 0 Å². The fraction of sp³-hybridized carbons (Fsp3) is 0.471. The van der Waals surface area contributed by atoms with Gasteiger partial charge in [0, 0.05) is 23.6 Å². The number of para-hydroxylation sites is 1. The molecule has 21 heavy (non-hydrogen) atoms. The van der Waals surface area contributed by atoms with E-state index in [0.717, 1.165) is 16.5 Å². The Bertz CT molecular complexity index is 641. The van der Waals surface area contributed by atoms with Crippen LogP contribution in [0.25, 0.3) is 10.9 Å². The molecule has 1 atom stereocenters. The normalized spacial score (nSPS) is 14.4. The van der Waals surface area contributed by atoms with Crippen LogP contribution in [0, 0.1) is 12.8 Å². The van der Waals surface area contributed by atoms with E-state index in [9.17, 15) is 9.90 Å². The van der Waals surface area contributed by atoms with E-state index >= 15 is 0 Å². The Kier molecular flexibility index (Phi) is 4.37. The molecule has 4 nitrogen and oxygen atoms in total. The monoisotopic (exact) mass is 288 g/mol. The van der Waals surface area contributed by atoms with Crippen molar-refractivity contribution >= 4 is 16.8 Å². The third-order valence-corrected chi connectivity index (χ3v) is 4.25. The summed E-state index contributed by atoms with van der Waals surface area (Å²) in [6.45, 7) is 7.93. The summed E-state index contributed by atoms with van der Waals surface area (Å²) in [6, 6.07) is 6.06. The van der Waals surface area contributed by atoms with Crippen molar-refractivity contribution in [2.75, 3.05) is 6.54 Å². The minimum absolute atomic E-state index is 0.0710. The first kappa shape index (κ1) is 15.6. The third kappa shape index (κ3) is 3.45. The number of aromatic amines is 1. The van der Waals surface area contributed by atoms with Crippen molar-refractivity contribution in [1.29, 1.82) is 0 Å². The van der Waals surface area contributed by atoms with E-state index in [1.54, 1.807) is 6.92 Å². The molecule has 3 N–H and O–H groups in total. The Balaban J connectivity index is 2.04. The highest BCUT2D eigenvalue weighted by Gasteiger charge is 2.25. The van der Waals surface area contributed by atoms with Gasteiger partial charge in [0.25, 0.3) is 0 Å². The lowest BCUT2D eigenvalue weighted by Crippen LogP contribution is -2.44. The fourth-order valence-corrected chi connectivity index (χ4v) is 2.23. The highest BCUT2D eigenvalue weighted by Crippen LogP contribution is 2.21. The predicted molar refractivity (Wildman–Crippen MR) is 85.2 cm³/mol. The van der Waals surface area contributed by atoms with Gasteiger partial charge in [-0.05, 0) is 30.9 Å². The number of fused-ring (bicyclic) bond motifs is 1. The summed E-state index contributed by atoms with van der Waals surface area (Å²) >= 11 is 0.